The summed E-state index contributed by atoms with van der Waals surface area (Å²) in [6.07, 6.45) is 1.48. The van der Waals surface area contributed by atoms with Gasteiger partial charge in [-0.15, -0.1) is 10.2 Å². The van der Waals surface area contributed by atoms with Crippen molar-refractivity contribution in [3.8, 4) is 11.5 Å². The van der Waals surface area contributed by atoms with Gasteiger partial charge in [0.1, 0.15) is 5.54 Å². The summed E-state index contributed by atoms with van der Waals surface area (Å²) >= 11 is 0. The van der Waals surface area contributed by atoms with E-state index in [0.29, 0.717) is 36.0 Å². The van der Waals surface area contributed by atoms with Crippen LogP contribution in [0.4, 0.5) is 4.79 Å². The van der Waals surface area contributed by atoms with Gasteiger partial charge in [0.05, 0.1) is 0 Å². The first-order chi connectivity index (χ1) is 17.3. The molecule has 0 spiro atoms. The Labute approximate surface area is 209 Å². The van der Waals surface area contributed by atoms with Crippen LogP contribution in [0.25, 0.3) is 11.5 Å². The maximum absolute atomic E-state index is 13.2. The van der Waals surface area contributed by atoms with Gasteiger partial charge in [-0.05, 0) is 55.0 Å². The fourth-order valence-corrected chi connectivity index (χ4v) is 5.12. The molecule has 186 valence electrons. The molecule has 5 rings (SSSR count). The van der Waals surface area contributed by atoms with E-state index in [2.05, 4.69) is 20.8 Å². The molecule has 0 radical (unpaired) electrons. The molecule has 1 atom stereocenters. The van der Waals surface area contributed by atoms with Crippen LogP contribution in [-0.2, 0) is 10.3 Å². The van der Waals surface area contributed by atoms with E-state index in [1.807, 2.05) is 49.9 Å². The molecule has 2 aliphatic rings. The average molecular weight is 488 g/mol. The third-order valence-electron chi connectivity index (χ3n) is 7.30. The highest BCUT2D eigenvalue weighted by Gasteiger charge is 2.50. The highest BCUT2D eigenvalue weighted by Crippen LogP contribution is 2.34. The summed E-state index contributed by atoms with van der Waals surface area (Å²) in [5.41, 5.74) is 2.06. The van der Waals surface area contributed by atoms with Crippen LogP contribution in [0.3, 0.4) is 0 Å². The van der Waals surface area contributed by atoms with E-state index >= 15 is 0 Å². The maximum Gasteiger partial charge on any atom is 0.322 e. The number of hydrogen-bond acceptors (Lipinski definition) is 6. The van der Waals surface area contributed by atoms with Crippen LogP contribution in [0.15, 0.2) is 52.9 Å². The zero-order valence-corrected chi connectivity index (χ0v) is 20.6. The van der Waals surface area contributed by atoms with Crippen molar-refractivity contribution >= 4 is 17.8 Å². The predicted molar refractivity (Wildman–Crippen MR) is 132 cm³/mol. The molecule has 2 N–H and O–H groups in total. The second-order valence-corrected chi connectivity index (χ2v) is 9.78. The molecule has 0 saturated carbocycles. The van der Waals surface area contributed by atoms with Gasteiger partial charge in [-0.2, -0.15) is 0 Å². The molecule has 3 heterocycles. The van der Waals surface area contributed by atoms with Crippen molar-refractivity contribution < 1.29 is 18.8 Å². The SMILES string of the molecule is Cc1ccccc1-c1nnc(C2CCN(C(=O)c3ccc([C@@]4(C(C)C)NC(=O)NC4=O)cc3)CC2)o1. The molecule has 2 fully saturated rings. The van der Waals surface area contributed by atoms with Gasteiger partial charge < -0.3 is 14.6 Å². The monoisotopic (exact) mass is 487 g/mol. The molecule has 0 bridgehead atoms. The van der Waals surface area contributed by atoms with Gasteiger partial charge in [-0.1, -0.05) is 44.2 Å². The van der Waals surface area contributed by atoms with Crippen molar-refractivity contribution in [3.05, 3.63) is 71.1 Å². The van der Waals surface area contributed by atoms with E-state index in [1.54, 1.807) is 24.3 Å². The molecule has 1 aromatic heterocycles. The Kier molecular flexibility index (Phi) is 6.07. The number of carbonyl (C=O) groups excluding carboxylic acids is 3. The molecule has 2 aromatic carbocycles. The molecule has 36 heavy (non-hydrogen) atoms. The Bertz CT molecular complexity index is 1310. The van der Waals surface area contributed by atoms with Gasteiger partial charge in [0.25, 0.3) is 11.8 Å². The van der Waals surface area contributed by atoms with Crippen LogP contribution < -0.4 is 10.6 Å². The van der Waals surface area contributed by atoms with E-state index in [0.717, 1.165) is 24.0 Å². The van der Waals surface area contributed by atoms with Crippen molar-refractivity contribution in [2.45, 2.75) is 45.1 Å². The summed E-state index contributed by atoms with van der Waals surface area (Å²) in [6.45, 7) is 6.93. The summed E-state index contributed by atoms with van der Waals surface area (Å²) in [5.74, 6) is 0.631. The number of hydrogen-bond donors (Lipinski definition) is 2. The van der Waals surface area contributed by atoms with E-state index < -0.39 is 11.6 Å². The van der Waals surface area contributed by atoms with Crippen molar-refractivity contribution in [1.29, 1.82) is 0 Å². The van der Waals surface area contributed by atoms with E-state index in [4.69, 9.17) is 4.42 Å². The third kappa shape index (κ3) is 4.04. The van der Waals surface area contributed by atoms with Crippen LogP contribution in [0.5, 0.6) is 0 Å². The Morgan fingerprint density at radius 2 is 1.75 bits per heavy atom. The van der Waals surface area contributed by atoms with Crippen LogP contribution in [0.2, 0.25) is 0 Å². The number of nitrogens with one attached hydrogen (secondary N) is 2. The van der Waals surface area contributed by atoms with Crippen LogP contribution >= 0.6 is 0 Å². The molecule has 9 nitrogen and oxygen atoms in total. The fourth-order valence-electron chi connectivity index (χ4n) is 5.12. The summed E-state index contributed by atoms with van der Waals surface area (Å²) in [4.78, 5) is 39.4. The van der Waals surface area contributed by atoms with Gasteiger partial charge in [-0.3, -0.25) is 14.9 Å². The van der Waals surface area contributed by atoms with Gasteiger partial charge in [0.2, 0.25) is 11.8 Å². The summed E-state index contributed by atoms with van der Waals surface area (Å²) in [7, 11) is 0. The maximum atomic E-state index is 13.2. The molecule has 2 aliphatic heterocycles. The van der Waals surface area contributed by atoms with Gasteiger partial charge in [-0.25, -0.2) is 4.79 Å². The highest BCUT2D eigenvalue weighted by atomic mass is 16.4. The first kappa shape index (κ1) is 23.7. The first-order valence-corrected chi connectivity index (χ1v) is 12.2. The number of piperidine rings is 1. The number of nitrogens with zero attached hydrogens (tertiary/aromatic N) is 3. The van der Waals surface area contributed by atoms with Crippen LogP contribution in [0, 0.1) is 12.8 Å². The lowest BCUT2D eigenvalue weighted by Gasteiger charge is -2.32. The zero-order valence-electron chi connectivity index (χ0n) is 20.6. The summed E-state index contributed by atoms with van der Waals surface area (Å²) in [5, 5.41) is 13.6. The quantitative estimate of drug-likeness (QED) is 0.529. The van der Waals surface area contributed by atoms with Gasteiger partial charge >= 0.3 is 6.03 Å². The second kappa shape index (κ2) is 9.22. The minimum atomic E-state index is -1.14. The number of aromatic nitrogens is 2. The minimum Gasteiger partial charge on any atom is -0.420 e. The Morgan fingerprint density at radius 3 is 2.36 bits per heavy atom. The average Bonchev–Trinajstić information content (AvgIpc) is 3.49. The molecule has 3 aromatic rings. The number of benzene rings is 2. The lowest BCUT2D eigenvalue weighted by Crippen LogP contribution is -2.48. The standard InChI is InChI=1S/C27H29N5O4/c1-16(2)27(25(34)28-26(35)29-27)20-10-8-19(9-11-20)24(33)32-14-12-18(13-15-32)22-30-31-23(36-22)21-7-5-4-6-17(21)3/h4-11,16,18H,12-15H2,1-3H3,(H2,28,29,34,35)/t27-/m1/s1. The number of imide groups is 1. The van der Waals surface area contributed by atoms with Gasteiger partial charge in [0.15, 0.2) is 0 Å². The number of aryl methyl sites for hydroxylation is 1. The highest BCUT2D eigenvalue weighted by molar-refractivity contribution is 6.07. The lowest BCUT2D eigenvalue weighted by molar-refractivity contribution is -0.125. The molecule has 0 aliphatic carbocycles. The topological polar surface area (TPSA) is 117 Å². The second-order valence-electron chi connectivity index (χ2n) is 9.78. The number of amides is 4. The van der Waals surface area contributed by atoms with E-state index in [-0.39, 0.29) is 23.7 Å². The number of likely N-dealkylation sites (tertiary alicyclic amines) is 1. The number of rotatable bonds is 5. The van der Waals surface area contributed by atoms with Crippen LogP contribution in [-0.4, -0.2) is 46.0 Å². The predicted octanol–water partition coefficient (Wildman–Crippen LogP) is 3.76. The first-order valence-electron chi connectivity index (χ1n) is 12.2. The van der Waals surface area contributed by atoms with Crippen molar-refractivity contribution in [2.75, 3.05) is 13.1 Å². The smallest absolute Gasteiger partial charge is 0.322 e. The number of carbonyl (C=O) groups is 3. The van der Waals surface area contributed by atoms with Crippen LogP contribution in [0.1, 0.15) is 60.0 Å². The molecule has 2 saturated heterocycles. The fraction of sp³-hybridized carbons (Fsp3) is 0.370. The van der Waals surface area contributed by atoms with Crippen molar-refractivity contribution in [2.24, 2.45) is 5.92 Å². The third-order valence-corrected chi connectivity index (χ3v) is 7.30. The molecular weight excluding hydrogens is 458 g/mol. The zero-order chi connectivity index (χ0) is 25.4. The molecule has 9 heteroatoms. The van der Waals surface area contributed by atoms with Crippen molar-refractivity contribution in [1.82, 2.24) is 25.7 Å². The van der Waals surface area contributed by atoms with E-state index in [1.165, 1.54) is 0 Å². The van der Waals surface area contributed by atoms with Gasteiger partial charge in [0, 0.05) is 30.1 Å². The molecule has 4 amide bonds. The largest absolute Gasteiger partial charge is 0.420 e. The van der Waals surface area contributed by atoms with E-state index in [9.17, 15) is 14.4 Å². The lowest BCUT2D eigenvalue weighted by atomic mass is 9.79. The summed E-state index contributed by atoms with van der Waals surface area (Å²) in [6, 6.07) is 14.3. The Morgan fingerprint density at radius 1 is 1.06 bits per heavy atom. The summed E-state index contributed by atoms with van der Waals surface area (Å²) < 4.78 is 5.99. The Balaban J connectivity index is 1.25. The Hall–Kier alpha value is -4.01. The van der Waals surface area contributed by atoms with Crippen molar-refractivity contribution in [3.63, 3.8) is 0 Å². The number of urea groups is 1. The molecule has 0 unspecified atom stereocenters. The molecular formula is C27H29N5O4. The normalized spacial score (nSPS) is 20.5. The minimum absolute atomic E-state index is 0.0652.